The summed E-state index contributed by atoms with van der Waals surface area (Å²) >= 11 is 0. The lowest BCUT2D eigenvalue weighted by Crippen LogP contribution is -2.71. The molecule has 1 amide bonds. The van der Waals surface area contributed by atoms with Gasteiger partial charge in [-0.2, -0.15) is 0 Å². The minimum Gasteiger partial charge on any atom is -0.481 e. The van der Waals surface area contributed by atoms with Crippen molar-refractivity contribution in [3.8, 4) is 0 Å². The highest BCUT2D eigenvalue weighted by atomic mass is 28.5. The van der Waals surface area contributed by atoms with Crippen molar-refractivity contribution in [2.75, 3.05) is 49.2 Å². The first-order valence-corrected chi connectivity index (χ1v) is 38.0. The molecule has 2 atom stereocenters. The number of carboxylic acids is 2. The van der Waals surface area contributed by atoms with Crippen molar-refractivity contribution in [2.45, 2.75) is 128 Å². The molecule has 2 aromatic carbocycles. The highest BCUT2D eigenvalue weighted by Gasteiger charge is 2.52. The van der Waals surface area contributed by atoms with Crippen molar-refractivity contribution < 1.29 is 68.3 Å². The molecule has 0 spiro atoms. The average Bonchev–Trinajstić information content (AvgIpc) is 3.28. The number of nitrogens with one attached hydrogen (secondary N) is 1. The van der Waals surface area contributed by atoms with Crippen molar-refractivity contribution in [3.63, 3.8) is 0 Å². The number of unbranched alkanes of at least 4 members (excludes halogenated alkanes) is 1. The molecule has 0 aliphatic heterocycles. The van der Waals surface area contributed by atoms with E-state index in [0.717, 1.165) is 28.9 Å². The van der Waals surface area contributed by atoms with Crippen LogP contribution in [0.1, 0.15) is 64.2 Å². The summed E-state index contributed by atoms with van der Waals surface area (Å²) in [5, 5.41) is 24.1. The maximum Gasteiger partial charge on any atom is 0.500 e. The molecular weight excluding hydrogens is 963 g/mol. The summed E-state index contributed by atoms with van der Waals surface area (Å²) in [5.41, 5.74) is 0. The molecule has 22 heteroatoms. The maximum absolute atomic E-state index is 13.5. The number of benzene rings is 2. The number of Topliss-reactive ketones (excluding diaryl/α,β-unsaturated/α-hetero) is 1. The SMILES string of the molecule is CO[Si](CCCC(CC(=O)O)C(=O)CCCC[Si](C)(C)O[Si](O[Si](C)(C)O[Si](C)(C)CCCNC(=O)C(CCC[Si](OC)(OC)OC)CC(=O)O)(c1ccccc1)c1ccccc1)(OC)OC. The predicted octanol–water partition coefficient (Wildman–Crippen LogP) is 7.15. The first kappa shape index (κ1) is 60.6. The van der Waals surface area contributed by atoms with E-state index in [1.807, 2.05) is 36.4 Å². The molecule has 16 nitrogen and oxygen atoms in total. The molecule has 3 N–H and O–H groups in total. The lowest BCUT2D eigenvalue weighted by atomic mass is 9.92. The van der Waals surface area contributed by atoms with Crippen LogP contribution in [-0.4, -0.2) is 134 Å². The summed E-state index contributed by atoms with van der Waals surface area (Å²) in [6.07, 6.45) is 3.60. The van der Waals surface area contributed by atoms with Gasteiger partial charge in [0.1, 0.15) is 5.78 Å². The van der Waals surface area contributed by atoms with Crippen LogP contribution in [0, 0.1) is 11.8 Å². The summed E-state index contributed by atoms with van der Waals surface area (Å²) in [6, 6.07) is 22.7. The Bertz CT molecular complexity index is 1730. The Morgan fingerprint density at radius 3 is 1.39 bits per heavy atom. The molecule has 0 heterocycles. The van der Waals surface area contributed by atoms with E-state index in [-0.39, 0.29) is 31.0 Å². The van der Waals surface area contributed by atoms with Crippen LogP contribution in [0.2, 0.25) is 63.5 Å². The van der Waals surface area contributed by atoms with E-state index >= 15 is 0 Å². The van der Waals surface area contributed by atoms with Crippen LogP contribution in [0.25, 0.3) is 0 Å². The van der Waals surface area contributed by atoms with Crippen LogP contribution >= 0.6 is 0 Å². The fourth-order valence-electron chi connectivity index (χ4n) is 8.55. The molecule has 2 unspecified atom stereocenters. The monoisotopic (exact) mass is 1040 g/mol. The van der Waals surface area contributed by atoms with Crippen LogP contribution in [0.3, 0.4) is 0 Å². The number of hydrogen-bond acceptors (Lipinski definition) is 13. The number of carbonyl (C=O) groups is 4. The number of amides is 1. The minimum absolute atomic E-state index is 0.0545. The van der Waals surface area contributed by atoms with Crippen molar-refractivity contribution in [2.24, 2.45) is 11.8 Å². The van der Waals surface area contributed by atoms with Crippen LogP contribution < -0.4 is 15.7 Å². The highest BCUT2D eigenvalue weighted by Crippen LogP contribution is 2.30. The predicted molar refractivity (Wildman–Crippen MR) is 273 cm³/mol. The largest absolute Gasteiger partial charge is 0.500 e. The van der Waals surface area contributed by atoms with E-state index in [2.05, 4.69) is 68.9 Å². The molecule has 0 saturated heterocycles. The summed E-state index contributed by atoms with van der Waals surface area (Å²) < 4.78 is 55.1. The number of aliphatic carboxylic acids is 2. The summed E-state index contributed by atoms with van der Waals surface area (Å²) in [4.78, 5) is 50.2. The second kappa shape index (κ2) is 29.0. The quantitative estimate of drug-likeness (QED) is 0.0454. The highest BCUT2D eigenvalue weighted by molar-refractivity contribution is 7.02. The number of hydrogen-bond donors (Lipinski definition) is 3. The van der Waals surface area contributed by atoms with Gasteiger partial charge in [-0.15, -0.1) is 0 Å². The number of carbonyl (C=O) groups excluding carboxylic acids is 2. The Morgan fingerprint density at radius 1 is 0.522 bits per heavy atom. The van der Waals surface area contributed by atoms with Gasteiger partial charge in [0.15, 0.2) is 16.6 Å². The van der Waals surface area contributed by atoms with Gasteiger partial charge in [-0.05, 0) is 100 Å². The first-order chi connectivity index (χ1) is 31.5. The zero-order chi connectivity index (χ0) is 50.4. The topological polar surface area (TPSA) is 204 Å². The van der Waals surface area contributed by atoms with E-state index in [4.69, 9.17) is 38.9 Å². The van der Waals surface area contributed by atoms with Gasteiger partial charge in [0.05, 0.1) is 12.8 Å². The molecular formula is C45H81NO15Si6. The van der Waals surface area contributed by atoms with Gasteiger partial charge < -0.3 is 54.4 Å². The Hall–Kier alpha value is -2.54. The Morgan fingerprint density at radius 2 is 0.940 bits per heavy atom. The van der Waals surface area contributed by atoms with Crippen molar-refractivity contribution >= 4 is 85.4 Å². The van der Waals surface area contributed by atoms with Crippen LogP contribution in [0.5, 0.6) is 0 Å². The molecule has 2 aromatic rings. The molecule has 380 valence electrons. The van der Waals surface area contributed by atoms with Gasteiger partial charge in [-0.25, -0.2) is 0 Å². The van der Waals surface area contributed by atoms with Crippen molar-refractivity contribution in [1.29, 1.82) is 0 Å². The molecule has 0 aromatic heterocycles. The van der Waals surface area contributed by atoms with Gasteiger partial charge in [-0.3, -0.25) is 19.2 Å². The smallest absolute Gasteiger partial charge is 0.481 e. The third-order valence-corrected chi connectivity index (χ3v) is 33.6. The van der Waals surface area contributed by atoms with E-state index < -0.39 is 75.1 Å². The van der Waals surface area contributed by atoms with E-state index in [1.165, 1.54) is 42.7 Å². The van der Waals surface area contributed by atoms with Crippen molar-refractivity contribution in [3.05, 3.63) is 60.7 Å². The van der Waals surface area contributed by atoms with E-state index in [1.54, 1.807) is 0 Å². The van der Waals surface area contributed by atoms with Gasteiger partial charge in [0.2, 0.25) is 5.91 Å². The Labute approximate surface area is 406 Å². The third-order valence-electron chi connectivity index (χ3n) is 12.0. The van der Waals surface area contributed by atoms with E-state index in [9.17, 15) is 29.4 Å². The Kier molecular flexibility index (Phi) is 26.2. The molecule has 0 aliphatic carbocycles. The fourth-order valence-corrected chi connectivity index (χ4v) is 30.8. The maximum atomic E-state index is 13.5. The Balaban J connectivity index is 2.21. The van der Waals surface area contributed by atoms with Crippen LogP contribution in [0.15, 0.2) is 60.7 Å². The van der Waals surface area contributed by atoms with Gasteiger partial charge in [0, 0.05) is 79.5 Å². The fraction of sp³-hybridized carbons (Fsp3) is 0.644. The number of rotatable bonds is 37. The van der Waals surface area contributed by atoms with E-state index in [0.29, 0.717) is 57.2 Å². The number of ketones is 1. The van der Waals surface area contributed by atoms with Crippen molar-refractivity contribution in [1.82, 2.24) is 5.32 Å². The van der Waals surface area contributed by atoms with Gasteiger partial charge >= 0.3 is 46.7 Å². The molecule has 67 heavy (non-hydrogen) atoms. The summed E-state index contributed by atoms with van der Waals surface area (Å²) in [5.74, 6) is -3.69. The zero-order valence-electron chi connectivity index (χ0n) is 42.2. The van der Waals surface area contributed by atoms with Crippen LogP contribution in [-0.2, 0) is 58.1 Å². The zero-order valence-corrected chi connectivity index (χ0v) is 48.2. The standard InChI is InChI=1S/C45H81NO15Si6/c1-53-65(54-2,55-3)34-21-24-38(36-43(48)49)42(47)30-19-20-32-63(9,10)60-67(40-26-15-13-16-27-40,41-28-17-14-18-29-41)61-64(11,12)59-62(7,8)33-23-31-46-45(52)39(37-44(50)51)25-22-35-66(56-4,57-5)58-6/h13-18,26-29,38-39H,19-25,30-37H2,1-12H3,(H,46,52)(H,48,49)(H,50,51). The number of carboxylic acid groups (broad SMARTS) is 2. The third kappa shape index (κ3) is 20.8. The molecule has 0 radical (unpaired) electrons. The summed E-state index contributed by atoms with van der Waals surface area (Å²) in [6.45, 7) is 13.2. The lowest BCUT2D eigenvalue weighted by Gasteiger charge is -2.44. The molecule has 0 saturated carbocycles. The van der Waals surface area contributed by atoms with Crippen LogP contribution in [0.4, 0.5) is 0 Å². The normalized spacial score (nSPS) is 13.9. The molecule has 2 rings (SSSR count). The summed E-state index contributed by atoms with van der Waals surface area (Å²) in [7, 11) is -7.91. The minimum atomic E-state index is -3.45. The van der Waals surface area contributed by atoms with Gasteiger partial charge in [-0.1, -0.05) is 67.1 Å². The average molecular weight is 1040 g/mol. The second-order valence-corrected chi connectivity index (χ2v) is 40.5. The molecule has 0 bridgehead atoms. The lowest BCUT2D eigenvalue weighted by molar-refractivity contribution is -0.141. The molecule has 0 fully saturated rings. The second-order valence-electron chi connectivity index (χ2n) is 18.6. The first-order valence-electron chi connectivity index (χ1n) is 23.3. The van der Waals surface area contributed by atoms with Gasteiger partial charge in [0.25, 0.3) is 0 Å². The molecule has 0 aliphatic rings.